The van der Waals surface area contributed by atoms with Gasteiger partial charge in [-0.3, -0.25) is 0 Å². The number of allylic oxidation sites excluding steroid dienone is 13. The summed E-state index contributed by atoms with van der Waals surface area (Å²) in [7, 11) is 0. The van der Waals surface area contributed by atoms with Crippen molar-refractivity contribution in [3.05, 3.63) is 198 Å². The van der Waals surface area contributed by atoms with E-state index < -0.39 is 0 Å². The predicted molar refractivity (Wildman–Crippen MR) is 218 cm³/mol. The van der Waals surface area contributed by atoms with Gasteiger partial charge in [-0.2, -0.15) is 0 Å². The molecule has 0 unspecified atom stereocenters. The zero-order valence-corrected chi connectivity index (χ0v) is 29.2. The van der Waals surface area contributed by atoms with Gasteiger partial charge in [0.2, 0.25) is 0 Å². The van der Waals surface area contributed by atoms with Gasteiger partial charge in [-0.25, -0.2) is 0 Å². The first-order valence-corrected chi connectivity index (χ1v) is 18.0. The van der Waals surface area contributed by atoms with E-state index in [-0.39, 0.29) is 0 Å². The minimum absolute atomic E-state index is 0.889. The van der Waals surface area contributed by atoms with E-state index >= 15 is 0 Å². The Morgan fingerprint density at radius 3 is 2.08 bits per heavy atom. The molecule has 7 rings (SSSR count). The van der Waals surface area contributed by atoms with E-state index in [1.165, 1.54) is 55.3 Å². The molecule has 0 fully saturated rings. The lowest BCUT2D eigenvalue weighted by molar-refractivity contribution is 0.990. The van der Waals surface area contributed by atoms with Crippen LogP contribution in [0.1, 0.15) is 55.4 Å². The number of hydrogen-bond donors (Lipinski definition) is 0. The molecule has 2 aliphatic carbocycles. The maximum Gasteiger partial charge on any atom is 0.0462 e. The van der Waals surface area contributed by atoms with E-state index in [9.17, 15) is 0 Å². The lowest BCUT2D eigenvalue weighted by Crippen LogP contribution is -2.10. The molecule has 0 bridgehead atoms. The van der Waals surface area contributed by atoms with E-state index in [0.29, 0.717) is 0 Å². The lowest BCUT2D eigenvalue weighted by atomic mass is 9.87. The molecule has 0 spiro atoms. The second-order valence-electron chi connectivity index (χ2n) is 13.2. The number of benzene rings is 5. The first-order valence-electron chi connectivity index (χ1n) is 18.0. The van der Waals surface area contributed by atoms with E-state index in [1.807, 2.05) is 13.0 Å². The highest BCUT2D eigenvalue weighted by molar-refractivity contribution is 6.02. The maximum absolute atomic E-state index is 2.42. The Balaban J connectivity index is 1.19. The molecule has 5 aromatic carbocycles. The Kier molecular flexibility index (Phi) is 10.3. The summed E-state index contributed by atoms with van der Waals surface area (Å²) in [6, 6.07) is 38.5. The molecule has 0 aliphatic heterocycles. The average molecular weight is 648 g/mol. The largest absolute Gasteiger partial charge is 0.311 e. The molecule has 0 aromatic heterocycles. The smallest absolute Gasteiger partial charge is 0.0462 e. The van der Waals surface area contributed by atoms with Crippen molar-refractivity contribution in [1.29, 1.82) is 0 Å². The Morgan fingerprint density at radius 2 is 1.38 bits per heavy atom. The van der Waals surface area contributed by atoms with Crippen molar-refractivity contribution in [3.8, 4) is 11.1 Å². The summed E-state index contributed by atoms with van der Waals surface area (Å²) in [5.41, 5.74) is 14.0. The molecule has 1 nitrogen and oxygen atoms in total. The van der Waals surface area contributed by atoms with Crippen LogP contribution < -0.4 is 4.90 Å². The summed E-state index contributed by atoms with van der Waals surface area (Å²) in [4.78, 5) is 2.38. The van der Waals surface area contributed by atoms with Crippen LogP contribution in [0.4, 0.5) is 17.1 Å². The summed E-state index contributed by atoms with van der Waals surface area (Å²) < 4.78 is 0. The van der Waals surface area contributed by atoms with Crippen molar-refractivity contribution in [2.75, 3.05) is 4.90 Å². The highest BCUT2D eigenvalue weighted by atomic mass is 15.1. The van der Waals surface area contributed by atoms with Crippen LogP contribution in [0.3, 0.4) is 0 Å². The van der Waals surface area contributed by atoms with E-state index in [4.69, 9.17) is 0 Å². The Bertz CT molecular complexity index is 2160. The molecular weight excluding hydrogens is 603 g/mol. The molecule has 0 saturated heterocycles. The van der Waals surface area contributed by atoms with Crippen LogP contribution in [-0.2, 0) is 12.8 Å². The minimum atomic E-state index is 0.889. The van der Waals surface area contributed by atoms with Gasteiger partial charge in [0.15, 0.2) is 0 Å². The molecule has 1 heteroatoms. The van der Waals surface area contributed by atoms with Crippen molar-refractivity contribution in [2.45, 2.75) is 46.0 Å². The first-order chi connectivity index (χ1) is 24.7. The van der Waals surface area contributed by atoms with Crippen molar-refractivity contribution >= 4 is 39.5 Å². The van der Waals surface area contributed by atoms with Gasteiger partial charge in [0, 0.05) is 17.1 Å². The van der Waals surface area contributed by atoms with E-state index in [2.05, 4.69) is 182 Å². The molecule has 0 atom stereocenters. The van der Waals surface area contributed by atoms with Gasteiger partial charge >= 0.3 is 0 Å². The van der Waals surface area contributed by atoms with E-state index in [1.54, 1.807) is 0 Å². The van der Waals surface area contributed by atoms with Gasteiger partial charge in [0.05, 0.1) is 0 Å². The van der Waals surface area contributed by atoms with Crippen molar-refractivity contribution in [2.24, 2.45) is 0 Å². The number of aryl methyl sites for hydroxylation is 1. The summed E-state index contributed by atoms with van der Waals surface area (Å²) >= 11 is 0. The molecule has 2 aliphatic rings. The monoisotopic (exact) mass is 647 g/mol. The third-order valence-electron chi connectivity index (χ3n) is 9.69. The summed E-state index contributed by atoms with van der Waals surface area (Å²) in [5.74, 6) is 0. The van der Waals surface area contributed by atoms with Crippen LogP contribution in [0.2, 0.25) is 0 Å². The molecule has 50 heavy (non-hydrogen) atoms. The highest BCUT2D eigenvalue weighted by Crippen LogP contribution is 2.40. The average Bonchev–Trinajstić information content (AvgIpc) is 3.18. The number of fused-ring (bicyclic) bond motifs is 3. The fourth-order valence-corrected chi connectivity index (χ4v) is 7.02. The zero-order valence-electron chi connectivity index (χ0n) is 29.2. The molecule has 246 valence electrons. The molecule has 0 N–H and O–H groups in total. The molecule has 0 heterocycles. The van der Waals surface area contributed by atoms with Crippen molar-refractivity contribution < 1.29 is 0 Å². The minimum Gasteiger partial charge on any atom is -0.311 e. The van der Waals surface area contributed by atoms with Gasteiger partial charge in [0.25, 0.3) is 0 Å². The molecule has 5 aromatic rings. The number of anilines is 3. The van der Waals surface area contributed by atoms with Crippen LogP contribution in [0.5, 0.6) is 0 Å². The van der Waals surface area contributed by atoms with Crippen LogP contribution in [0.15, 0.2) is 176 Å². The second-order valence-corrected chi connectivity index (χ2v) is 13.2. The summed E-state index contributed by atoms with van der Waals surface area (Å²) in [6.07, 6.45) is 31.4. The zero-order chi connectivity index (χ0) is 34.1. The van der Waals surface area contributed by atoms with Crippen LogP contribution in [0, 0.1) is 0 Å². The second kappa shape index (κ2) is 15.7. The summed E-state index contributed by atoms with van der Waals surface area (Å²) in [6.45, 7) is 4.16. The molecule has 0 saturated carbocycles. The third kappa shape index (κ3) is 7.48. The van der Waals surface area contributed by atoms with Gasteiger partial charge in [0.1, 0.15) is 0 Å². The topological polar surface area (TPSA) is 3.24 Å². The van der Waals surface area contributed by atoms with Gasteiger partial charge < -0.3 is 4.90 Å². The normalized spacial score (nSPS) is 14.6. The Labute approximate surface area is 298 Å². The third-order valence-corrected chi connectivity index (χ3v) is 9.69. The predicted octanol–water partition coefficient (Wildman–Crippen LogP) is 13.8. The highest BCUT2D eigenvalue weighted by Gasteiger charge is 2.16. The quantitative estimate of drug-likeness (QED) is 0.136. The van der Waals surface area contributed by atoms with Crippen molar-refractivity contribution in [1.82, 2.24) is 0 Å². The van der Waals surface area contributed by atoms with Crippen LogP contribution in [-0.4, -0.2) is 0 Å². The molecule has 0 radical (unpaired) electrons. The fraction of sp³-hybridized carbons (Fsp3) is 0.143. The summed E-state index contributed by atoms with van der Waals surface area (Å²) in [5, 5.41) is 2.65. The maximum atomic E-state index is 2.42. The standard InChI is InChI=1S/C49H45N/c1-3-4-15-37(2)16-7-5-8-17-38-24-30-43(31-25-38)50(44-32-26-40(27-33-44)39-18-9-6-10-19-39)45-34-28-41(29-35-45)49-36-42-20-11-12-21-46(42)47-22-13-14-23-48(47)49/h3-9,12-16,18,21-36H,10-11,17,19-20H2,1-2H3/b4-3-,8-5-,16-7-,37-15+. The lowest BCUT2D eigenvalue weighted by Gasteiger charge is -2.26. The van der Waals surface area contributed by atoms with E-state index in [0.717, 1.165) is 49.2 Å². The van der Waals surface area contributed by atoms with Crippen LogP contribution >= 0.6 is 0 Å². The van der Waals surface area contributed by atoms with Gasteiger partial charge in [-0.05, 0) is 138 Å². The Morgan fingerprint density at radius 1 is 0.700 bits per heavy atom. The fourth-order valence-electron chi connectivity index (χ4n) is 7.02. The Hall–Kier alpha value is -5.66. The first kappa shape index (κ1) is 32.9. The number of rotatable bonds is 10. The van der Waals surface area contributed by atoms with Crippen LogP contribution in [0.25, 0.3) is 33.5 Å². The molecular formula is C49H45N. The number of hydrogen-bond acceptors (Lipinski definition) is 1. The molecule has 0 amide bonds. The van der Waals surface area contributed by atoms with Gasteiger partial charge in [-0.1, -0.05) is 139 Å². The number of nitrogens with zero attached hydrogens (tertiary/aromatic N) is 1. The van der Waals surface area contributed by atoms with Gasteiger partial charge in [-0.15, -0.1) is 0 Å². The SMILES string of the molecule is C\C=C/C=C(C)/C=C\C=C/Cc1ccc(N(c2ccc(C3=CC=CCC3)cc2)c2ccc(-c3cc4c(c5ccccc35)C=CCC4)cc2)cc1. The van der Waals surface area contributed by atoms with Crippen molar-refractivity contribution in [3.63, 3.8) is 0 Å².